The van der Waals surface area contributed by atoms with Crippen molar-refractivity contribution in [1.82, 2.24) is 20.2 Å². The number of nitrogens with one attached hydrogen (secondary N) is 2. The molecular weight excluding hydrogens is 330 g/mol. The Labute approximate surface area is 140 Å². The van der Waals surface area contributed by atoms with Crippen LogP contribution in [0.15, 0.2) is 42.7 Å². The molecule has 0 aliphatic rings. The van der Waals surface area contributed by atoms with E-state index >= 15 is 0 Å². The highest BCUT2D eigenvalue weighted by molar-refractivity contribution is 6.30. The van der Waals surface area contributed by atoms with E-state index < -0.39 is 5.97 Å². The molecule has 0 spiro atoms. The summed E-state index contributed by atoms with van der Waals surface area (Å²) in [4.78, 5) is 20.1. The highest BCUT2D eigenvalue weighted by atomic mass is 35.5. The van der Waals surface area contributed by atoms with Crippen LogP contribution < -0.4 is 5.32 Å². The summed E-state index contributed by atoms with van der Waals surface area (Å²) in [6.07, 6.45) is 3.23. The molecule has 1 aromatic carbocycles. The smallest absolute Gasteiger partial charge is 0.354 e. The molecule has 24 heavy (non-hydrogen) atoms. The number of hydrogen-bond donors (Lipinski definition) is 3. The summed E-state index contributed by atoms with van der Waals surface area (Å²) >= 11 is 6.00. The fourth-order valence-corrected chi connectivity index (χ4v) is 2.75. The highest BCUT2D eigenvalue weighted by Crippen LogP contribution is 2.32. The van der Waals surface area contributed by atoms with Gasteiger partial charge in [-0.05, 0) is 24.3 Å². The Bertz CT molecular complexity index is 1090. The van der Waals surface area contributed by atoms with Crippen LogP contribution in [0.1, 0.15) is 10.5 Å². The van der Waals surface area contributed by atoms with Crippen LogP contribution in [0.3, 0.4) is 0 Å². The quantitative estimate of drug-likeness (QED) is 0.527. The molecule has 8 heteroatoms. The van der Waals surface area contributed by atoms with Crippen molar-refractivity contribution < 1.29 is 9.90 Å². The van der Waals surface area contributed by atoms with Crippen LogP contribution in [0.4, 0.5) is 11.5 Å². The normalized spacial score (nSPS) is 11.0. The maximum absolute atomic E-state index is 11.5. The summed E-state index contributed by atoms with van der Waals surface area (Å²) in [5, 5.41) is 20.9. The minimum Gasteiger partial charge on any atom is -0.477 e. The first kappa shape index (κ1) is 14.4. The van der Waals surface area contributed by atoms with Gasteiger partial charge >= 0.3 is 5.97 Å². The molecule has 0 aliphatic carbocycles. The van der Waals surface area contributed by atoms with E-state index in [1.54, 1.807) is 36.7 Å². The van der Waals surface area contributed by atoms with Gasteiger partial charge in [-0.15, -0.1) is 0 Å². The molecule has 3 heterocycles. The number of H-pyrrole nitrogens is 1. The predicted octanol–water partition coefficient (Wildman–Crippen LogP) is 3.60. The number of carbonyl (C=O) groups is 1. The number of rotatable bonds is 3. The fourth-order valence-electron chi connectivity index (χ4n) is 2.56. The standard InChI is InChI=1S/C16H10ClN5O2/c17-8-2-1-3-9(6-8)19-15-12-13(21-22-14(12)16(23)24)10-7-18-5-4-11(10)20-15/h1-7H,(H,19,20)(H,21,22)(H,23,24). The third-order valence-corrected chi connectivity index (χ3v) is 3.82. The van der Waals surface area contributed by atoms with Crippen molar-refractivity contribution in [1.29, 1.82) is 0 Å². The second kappa shape index (κ2) is 5.47. The monoisotopic (exact) mass is 339 g/mol. The molecule has 3 aromatic heterocycles. The number of halogens is 1. The fraction of sp³-hybridized carbons (Fsp3) is 0. The molecule has 4 aromatic rings. The van der Waals surface area contributed by atoms with E-state index in [-0.39, 0.29) is 5.69 Å². The van der Waals surface area contributed by atoms with Crippen molar-refractivity contribution in [2.75, 3.05) is 5.32 Å². The molecule has 0 saturated carbocycles. The minimum absolute atomic E-state index is 0.0345. The number of aromatic carboxylic acids is 1. The number of benzene rings is 1. The van der Waals surface area contributed by atoms with Crippen molar-refractivity contribution in [2.24, 2.45) is 0 Å². The molecule has 0 saturated heterocycles. The number of hydrogen-bond acceptors (Lipinski definition) is 5. The summed E-state index contributed by atoms with van der Waals surface area (Å²) in [7, 11) is 0. The van der Waals surface area contributed by atoms with Crippen LogP contribution in [0.5, 0.6) is 0 Å². The van der Waals surface area contributed by atoms with Gasteiger partial charge in [0.15, 0.2) is 5.69 Å². The first-order chi connectivity index (χ1) is 11.6. The molecule has 0 radical (unpaired) electrons. The number of nitrogens with zero attached hydrogens (tertiary/aromatic N) is 3. The molecule has 4 rings (SSSR count). The number of anilines is 2. The van der Waals surface area contributed by atoms with Crippen molar-refractivity contribution in [3.63, 3.8) is 0 Å². The van der Waals surface area contributed by atoms with E-state index in [0.29, 0.717) is 38.3 Å². The number of fused-ring (bicyclic) bond motifs is 3. The Kier molecular flexibility index (Phi) is 3.28. The van der Waals surface area contributed by atoms with Gasteiger partial charge in [0.2, 0.25) is 0 Å². The Morgan fingerprint density at radius 2 is 2.17 bits per heavy atom. The molecule has 0 atom stereocenters. The zero-order chi connectivity index (χ0) is 16.7. The van der Waals surface area contributed by atoms with Gasteiger partial charge < -0.3 is 10.4 Å². The SMILES string of the molecule is O=C(O)c1[nH]nc2c1c(Nc1cccc(Cl)c1)nc1ccncc12. The topological polar surface area (TPSA) is 104 Å². The van der Waals surface area contributed by atoms with Gasteiger partial charge in [-0.3, -0.25) is 10.1 Å². The largest absolute Gasteiger partial charge is 0.477 e. The molecule has 0 amide bonds. The third kappa shape index (κ3) is 2.31. The summed E-state index contributed by atoms with van der Waals surface area (Å²) in [6, 6.07) is 8.83. The van der Waals surface area contributed by atoms with Crippen LogP contribution in [0, 0.1) is 0 Å². The summed E-state index contributed by atoms with van der Waals surface area (Å²) < 4.78 is 0. The van der Waals surface area contributed by atoms with E-state index in [0.717, 1.165) is 0 Å². The maximum atomic E-state index is 11.5. The Morgan fingerprint density at radius 1 is 1.29 bits per heavy atom. The van der Waals surface area contributed by atoms with Gasteiger partial charge in [0, 0.05) is 28.5 Å². The molecule has 0 fully saturated rings. The number of pyridine rings is 2. The number of carboxylic acids is 1. The third-order valence-electron chi connectivity index (χ3n) is 3.59. The first-order valence-corrected chi connectivity index (χ1v) is 7.39. The lowest BCUT2D eigenvalue weighted by Gasteiger charge is -2.09. The number of aromatic nitrogens is 4. The second-order valence-electron chi connectivity index (χ2n) is 5.12. The maximum Gasteiger partial charge on any atom is 0.354 e. The van der Waals surface area contributed by atoms with Gasteiger partial charge in [0.1, 0.15) is 11.3 Å². The zero-order valence-electron chi connectivity index (χ0n) is 12.1. The Morgan fingerprint density at radius 3 is 2.96 bits per heavy atom. The van der Waals surface area contributed by atoms with Crippen molar-refractivity contribution in [3.05, 3.63) is 53.4 Å². The first-order valence-electron chi connectivity index (χ1n) is 7.01. The zero-order valence-corrected chi connectivity index (χ0v) is 12.9. The number of carboxylic acid groups (broad SMARTS) is 1. The molecule has 3 N–H and O–H groups in total. The molecule has 7 nitrogen and oxygen atoms in total. The molecular formula is C16H10ClN5O2. The van der Waals surface area contributed by atoms with Gasteiger partial charge in [0.05, 0.1) is 10.9 Å². The summed E-state index contributed by atoms with van der Waals surface area (Å²) in [6.45, 7) is 0. The molecule has 0 aliphatic heterocycles. The number of aromatic amines is 1. The molecule has 0 bridgehead atoms. The van der Waals surface area contributed by atoms with E-state index in [4.69, 9.17) is 11.6 Å². The van der Waals surface area contributed by atoms with E-state index in [1.807, 2.05) is 6.07 Å². The predicted molar refractivity (Wildman–Crippen MR) is 90.9 cm³/mol. The van der Waals surface area contributed by atoms with Crippen LogP contribution in [0.2, 0.25) is 5.02 Å². The van der Waals surface area contributed by atoms with Gasteiger partial charge in [-0.2, -0.15) is 5.10 Å². The average molecular weight is 340 g/mol. The van der Waals surface area contributed by atoms with Crippen molar-refractivity contribution in [3.8, 4) is 0 Å². The van der Waals surface area contributed by atoms with Crippen molar-refractivity contribution >= 4 is 50.9 Å². The Hall–Kier alpha value is -3.19. The average Bonchev–Trinajstić information content (AvgIpc) is 3.01. The lowest BCUT2D eigenvalue weighted by Crippen LogP contribution is -2.01. The summed E-state index contributed by atoms with van der Waals surface area (Å²) in [5.74, 6) is -0.728. The lowest BCUT2D eigenvalue weighted by atomic mass is 10.1. The van der Waals surface area contributed by atoms with Crippen molar-refractivity contribution in [2.45, 2.75) is 0 Å². The van der Waals surface area contributed by atoms with Gasteiger partial charge in [-0.25, -0.2) is 9.78 Å². The Balaban J connectivity index is 2.00. The van der Waals surface area contributed by atoms with Gasteiger partial charge in [0.25, 0.3) is 0 Å². The van der Waals surface area contributed by atoms with Gasteiger partial charge in [-0.1, -0.05) is 17.7 Å². The van der Waals surface area contributed by atoms with E-state index in [1.165, 1.54) is 0 Å². The van der Waals surface area contributed by atoms with E-state index in [2.05, 4.69) is 25.5 Å². The van der Waals surface area contributed by atoms with Crippen LogP contribution in [-0.2, 0) is 0 Å². The van der Waals surface area contributed by atoms with Crippen LogP contribution in [-0.4, -0.2) is 31.2 Å². The second-order valence-corrected chi connectivity index (χ2v) is 5.55. The molecule has 118 valence electrons. The van der Waals surface area contributed by atoms with Crippen LogP contribution in [0.25, 0.3) is 21.8 Å². The molecule has 0 unspecified atom stereocenters. The lowest BCUT2D eigenvalue weighted by molar-refractivity contribution is 0.0692. The highest BCUT2D eigenvalue weighted by Gasteiger charge is 2.20. The van der Waals surface area contributed by atoms with Crippen LogP contribution >= 0.6 is 11.6 Å². The minimum atomic E-state index is -1.11. The summed E-state index contributed by atoms with van der Waals surface area (Å²) in [5.41, 5.74) is 1.82. The van der Waals surface area contributed by atoms with E-state index in [9.17, 15) is 9.90 Å².